The highest BCUT2D eigenvalue weighted by molar-refractivity contribution is 5.95. The molecule has 0 aliphatic carbocycles. The molecule has 1 aromatic rings. The molecule has 0 unspecified atom stereocenters. The lowest BCUT2D eigenvalue weighted by Crippen LogP contribution is -2.04. The molecule has 0 aliphatic rings. The van der Waals surface area contributed by atoms with Gasteiger partial charge in [0.25, 0.3) is 0 Å². The van der Waals surface area contributed by atoms with Gasteiger partial charge >= 0.3 is 5.97 Å². The predicted molar refractivity (Wildman–Crippen MR) is 57.6 cm³/mol. The van der Waals surface area contributed by atoms with E-state index in [9.17, 15) is 14.7 Å². The van der Waals surface area contributed by atoms with Gasteiger partial charge in [-0.05, 0) is 19.8 Å². The van der Waals surface area contributed by atoms with Gasteiger partial charge in [0.05, 0.1) is 13.1 Å². The Balaban J connectivity index is 2.35. The number of imidazole rings is 1. The third kappa shape index (κ3) is 3.90. The van der Waals surface area contributed by atoms with Crippen LogP contribution in [-0.4, -0.2) is 28.8 Å². The fourth-order valence-corrected chi connectivity index (χ4v) is 1.48. The number of carbonyl (C=O) groups is 2. The van der Waals surface area contributed by atoms with Gasteiger partial charge in [0.1, 0.15) is 5.69 Å². The minimum absolute atomic E-state index is 0.175. The van der Waals surface area contributed by atoms with E-state index in [-0.39, 0.29) is 23.9 Å². The number of unbranched alkanes of at least 4 members (excludes halogenated alkanes) is 1. The Morgan fingerprint density at radius 3 is 2.53 bits per heavy atom. The SMILES string of the molecule is COC(=O)CCCCC(=O)c1nc([O-])[nH]c1C. The summed E-state index contributed by atoms with van der Waals surface area (Å²) in [5.74, 6) is -0.457. The van der Waals surface area contributed by atoms with Crippen LogP contribution in [0.25, 0.3) is 0 Å². The topological polar surface area (TPSA) is 95.1 Å². The van der Waals surface area contributed by atoms with Crippen molar-refractivity contribution in [1.82, 2.24) is 9.97 Å². The molecule has 0 saturated heterocycles. The summed E-state index contributed by atoms with van der Waals surface area (Å²) in [5.41, 5.74) is 0.695. The van der Waals surface area contributed by atoms with Gasteiger partial charge in [-0.2, -0.15) is 0 Å². The summed E-state index contributed by atoms with van der Waals surface area (Å²) >= 11 is 0. The number of aromatic amines is 1. The monoisotopic (exact) mass is 239 g/mol. The fourth-order valence-electron chi connectivity index (χ4n) is 1.48. The molecular weight excluding hydrogens is 224 g/mol. The second kappa shape index (κ2) is 6.03. The Labute approximate surface area is 99.0 Å². The van der Waals surface area contributed by atoms with Crippen molar-refractivity contribution in [2.24, 2.45) is 0 Å². The molecule has 0 amide bonds. The summed E-state index contributed by atoms with van der Waals surface area (Å²) in [6.07, 6.45) is 1.75. The summed E-state index contributed by atoms with van der Waals surface area (Å²) in [6, 6.07) is -0.500. The molecule has 0 aromatic carbocycles. The van der Waals surface area contributed by atoms with Gasteiger partial charge in [0.2, 0.25) is 0 Å². The highest BCUT2D eigenvalue weighted by Gasteiger charge is 2.12. The van der Waals surface area contributed by atoms with E-state index >= 15 is 0 Å². The number of hydrogen-bond donors (Lipinski definition) is 1. The molecule has 0 bridgehead atoms. The number of aryl methyl sites for hydroxylation is 1. The molecule has 0 fully saturated rings. The van der Waals surface area contributed by atoms with Crippen LogP contribution in [0, 0.1) is 6.92 Å². The van der Waals surface area contributed by atoms with Gasteiger partial charge in [0.15, 0.2) is 5.78 Å². The highest BCUT2D eigenvalue weighted by Crippen LogP contribution is 2.12. The summed E-state index contributed by atoms with van der Waals surface area (Å²) in [5, 5.41) is 10.9. The molecule has 6 heteroatoms. The zero-order valence-corrected chi connectivity index (χ0v) is 9.91. The van der Waals surface area contributed by atoms with Crippen LogP contribution >= 0.6 is 0 Å². The predicted octanol–water partition coefficient (Wildman–Crippen LogP) is 0.708. The summed E-state index contributed by atoms with van der Waals surface area (Å²) in [7, 11) is 1.33. The number of aromatic nitrogens is 2. The lowest BCUT2D eigenvalue weighted by atomic mass is 10.1. The van der Waals surface area contributed by atoms with E-state index in [0.717, 1.165) is 0 Å². The first-order valence-electron chi connectivity index (χ1n) is 5.38. The number of hydrogen-bond acceptors (Lipinski definition) is 5. The number of methoxy groups -OCH3 is 1. The Hall–Kier alpha value is -1.85. The molecule has 1 rings (SSSR count). The molecule has 17 heavy (non-hydrogen) atoms. The Kier molecular flexibility index (Phi) is 4.68. The number of ether oxygens (including phenoxy) is 1. The first-order chi connectivity index (χ1) is 8.04. The Morgan fingerprint density at radius 2 is 2.00 bits per heavy atom. The normalized spacial score (nSPS) is 10.2. The van der Waals surface area contributed by atoms with Crippen LogP contribution in [0.4, 0.5) is 0 Å². The van der Waals surface area contributed by atoms with E-state index in [1.54, 1.807) is 6.92 Å². The van der Waals surface area contributed by atoms with Crippen molar-refractivity contribution in [2.45, 2.75) is 32.6 Å². The van der Waals surface area contributed by atoms with Gasteiger partial charge in [-0.25, -0.2) is 4.98 Å². The van der Waals surface area contributed by atoms with Crippen LogP contribution in [0.2, 0.25) is 0 Å². The zero-order chi connectivity index (χ0) is 12.8. The summed E-state index contributed by atoms with van der Waals surface area (Å²) < 4.78 is 4.48. The molecule has 1 heterocycles. The van der Waals surface area contributed by atoms with E-state index in [2.05, 4.69) is 14.7 Å². The Bertz CT molecular complexity index is 412. The molecule has 1 aromatic heterocycles. The van der Waals surface area contributed by atoms with Crippen LogP contribution in [0.5, 0.6) is 6.01 Å². The maximum Gasteiger partial charge on any atom is 0.305 e. The van der Waals surface area contributed by atoms with E-state index < -0.39 is 6.01 Å². The lowest BCUT2D eigenvalue weighted by Gasteiger charge is -2.00. The van der Waals surface area contributed by atoms with Gasteiger partial charge in [-0.15, -0.1) is 0 Å². The van der Waals surface area contributed by atoms with Crippen molar-refractivity contribution in [3.05, 3.63) is 11.4 Å². The molecule has 94 valence electrons. The lowest BCUT2D eigenvalue weighted by molar-refractivity contribution is -0.281. The number of carbonyl (C=O) groups excluding carboxylic acids is 2. The third-order valence-electron chi connectivity index (χ3n) is 2.39. The fraction of sp³-hybridized carbons (Fsp3) is 0.545. The van der Waals surface area contributed by atoms with Crippen molar-refractivity contribution in [3.8, 4) is 6.01 Å². The number of Topliss-reactive ketones (excluding diaryl/α,β-unsaturated/α-hetero) is 1. The van der Waals surface area contributed by atoms with E-state index in [0.29, 0.717) is 25.0 Å². The average Bonchev–Trinajstić information content (AvgIpc) is 2.63. The van der Waals surface area contributed by atoms with Gasteiger partial charge in [0, 0.05) is 18.5 Å². The van der Waals surface area contributed by atoms with Crippen LogP contribution in [0.3, 0.4) is 0 Å². The average molecular weight is 239 g/mol. The van der Waals surface area contributed by atoms with Crippen molar-refractivity contribution in [2.75, 3.05) is 7.11 Å². The number of nitrogens with zero attached hydrogens (tertiary/aromatic N) is 1. The zero-order valence-electron chi connectivity index (χ0n) is 9.91. The second-order valence-electron chi connectivity index (χ2n) is 3.72. The summed E-state index contributed by atoms with van der Waals surface area (Å²) in [4.78, 5) is 28.5. The Morgan fingerprint density at radius 1 is 1.35 bits per heavy atom. The maximum absolute atomic E-state index is 11.7. The standard InChI is InChI=1S/C11H16N2O4/c1-7-10(13-11(16)12-7)8(14)5-3-4-6-9(15)17-2/h3-6H2,1-2H3,(H2,12,13,16)/p-1. The first-order valence-corrected chi connectivity index (χ1v) is 5.38. The van der Waals surface area contributed by atoms with Crippen LogP contribution in [0.1, 0.15) is 41.9 Å². The molecular formula is C11H15N2O4-. The van der Waals surface area contributed by atoms with Crippen molar-refractivity contribution >= 4 is 11.8 Å². The van der Waals surface area contributed by atoms with E-state index in [4.69, 9.17) is 0 Å². The third-order valence-corrected chi connectivity index (χ3v) is 2.39. The number of esters is 1. The molecule has 6 nitrogen and oxygen atoms in total. The number of rotatable bonds is 6. The van der Waals surface area contributed by atoms with Crippen molar-refractivity contribution in [1.29, 1.82) is 0 Å². The largest absolute Gasteiger partial charge is 0.846 e. The number of nitrogens with one attached hydrogen (secondary N) is 1. The van der Waals surface area contributed by atoms with Gasteiger partial charge < -0.3 is 14.8 Å². The van der Waals surface area contributed by atoms with Crippen LogP contribution < -0.4 is 5.11 Å². The summed E-state index contributed by atoms with van der Waals surface area (Å²) in [6.45, 7) is 1.64. The van der Waals surface area contributed by atoms with E-state index in [1.165, 1.54) is 7.11 Å². The minimum Gasteiger partial charge on any atom is -0.846 e. The smallest absolute Gasteiger partial charge is 0.305 e. The van der Waals surface area contributed by atoms with Gasteiger partial charge in [-0.1, -0.05) is 0 Å². The number of H-pyrrole nitrogens is 1. The van der Waals surface area contributed by atoms with Crippen molar-refractivity contribution < 1.29 is 19.4 Å². The maximum atomic E-state index is 11.7. The number of ketones is 1. The quantitative estimate of drug-likeness (QED) is 0.448. The molecule has 0 spiro atoms. The second-order valence-corrected chi connectivity index (χ2v) is 3.72. The van der Waals surface area contributed by atoms with Crippen LogP contribution in [-0.2, 0) is 9.53 Å². The molecule has 0 radical (unpaired) electrons. The molecule has 0 atom stereocenters. The van der Waals surface area contributed by atoms with Gasteiger partial charge in [-0.3, -0.25) is 9.59 Å². The molecule has 1 N–H and O–H groups in total. The minimum atomic E-state index is -0.500. The van der Waals surface area contributed by atoms with Crippen molar-refractivity contribution in [3.63, 3.8) is 0 Å². The first kappa shape index (κ1) is 13.2. The highest BCUT2D eigenvalue weighted by atomic mass is 16.5. The van der Waals surface area contributed by atoms with E-state index in [1.807, 2.05) is 0 Å². The molecule has 0 aliphatic heterocycles. The van der Waals surface area contributed by atoms with Crippen LogP contribution in [0.15, 0.2) is 0 Å². The molecule has 0 saturated carbocycles.